The first kappa shape index (κ1) is 9.29. The van der Waals surface area contributed by atoms with Crippen LogP contribution in [0.15, 0.2) is 0 Å². The van der Waals surface area contributed by atoms with Crippen molar-refractivity contribution in [2.24, 2.45) is 0 Å². The molecule has 0 heterocycles. The van der Waals surface area contributed by atoms with Gasteiger partial charge in [-0.05, 0) is 19.8 Å². The molecule has 1 unspecified atom stereocenters. The van der Waals surface area contributed by atoms with E-state index in [1.165, 1.54) is 19.3 Å². The van der Waals surface area contributed by atoms with Crippen molar-refractivity contribution < 1.29 is 0 Å². The lowest BCUT2D eigenvalue weighted by molar-refractivity contribution is 0.740. The van der Waals surface area contributed by atoms with Crippen molar-refractivity contribution in [2.75, 3.05) is 0 Å². The van der Waals surface area contributed by atoms with E-state index in [1.807, 2.05) is 6.92 Å². The largest absolute Gasteiger partial charge is 0.123 e. The highest BCUT2D eigenvalue weighted by atomic mass is 35.5. The Morgan fingerprint density at radius 3 is 2.67 bits per heavy atom. The molecular formula is C8H16Cl. The third-order valence-electron chi connectivity index (χ3n) is 1.25. The standard InChI is InChI=1S/C8H16Cl/c1-3-4-5-6-7-8(2)9/h6,8H,3-5,7H2,1-2H3. The summed E-state index contributed by atoms with van der Waals surface area (Å²) in [6, 6.07) is 0. The summed E-state index contributed by atoms with van der Waals surface area (Å²) in [4.78, 5) is 0. The fourth-order valence-electron chi connectivity index (χ4n) is 0.696. The van der Waals surface area contributed by atoms with Crippen LogP contribution in [0, 0.1) is 6.42 Å². The lowest BCUT2D eigenvalue weighted by Crippen LogP contribution is -1.90. The second kappa shape index (κ2) is 6.41. The zero-order valence-electron chi connectivity index (χ0n) is 6.36. The third-order valence-corrected chi connectivity index (χ3v) is 1.43. The Hall–Kier alpha value is 0.290. The van der Waals surface area contributed by atoms with Crippen LogP contribution in [0.3, 0.4) is 0 Å². The van der Waals surface area contributed by atoms with E-state index in [4.69, 9.17) is 11.6 Å². The van der Waals surface area contributed by atoms with E-state index in [0.717, 1.165) is 6.42 Å². The Bertz CT molecular complexity index is 50.5. The van der Waals surface area contributed by atoms with Gasteiger partial charge in [-0.1, -0.05) is 26.2 Å². The lowest BCUT2D eigenvalue weighted by Gasteiger charge is -1.99. The summed E-state index contributed by atoms with van der Waals surface area (Å²) in [5, 5.41) is 0.321. The van der Waals surface area contributed by atoms with Crippen molar-refractivity contribution in [3.05, 3.63) is 6.42 Å². The van der Waals surface area contributed by atoms with Gasteiger partial charge in [0, 0.05) is 5.38 Å². The number of hydrogen-bond acceptors (Lipinski definition) is 0. The highest BCUT2D eigenvalue weighted by Gasteiger charge is 1.94. The number of rotatable bonds is 5. The van der Waals surface area contributed by atoms with Gasteiger partial charge in [0.05, 0.1) is 0 Å². The van der Waals surface area contributed by atoms with Gasteiger partial charge in [0.15, 0.2) is 0 Å². The van der Waals surface area contributed by atoms with Crippen LogP contribution >= 0.6 is 11.6 Å². The maximum absolute atomic E-state index is 5.73. The third kappa shape index (κ3) is 8.29. The molecular weight excluding hydrogens is 132 g/mol. The summed E-state index contributed by atoms with van der Waals surface area (Å²) in [5.41, 5.74) is 0. The summed E-state index contributed by atoms with van der Waals surface area (Å²) in [6.07, 6.45) is 7.16. The Morgan fingerprint density at radius 1 is 1.56 bits per heavy atom. The molecule has 1 radical (unpaired) electrons. The van der Waals surface area contributed by atoms with Gasteiger partial charge in [0.25, 0.3) is 0 Å². The molecule has 0 aliphatic rings. The molecule has 0 aliphatic heterocycles. The molecule has 0 nitrogen and oxygen atoms in total. The predicted molar refractivity (Wildman–Crippen MR) is 43.8 cm³/mol. The van der Waals surface area contributed by atoms with Crippen molar-refractivity contribution in [2.45, 2.75) is 44.9 Å². The molecule has 0 saturated heterocycles. The van der Waals surface area contributed by atoms with Crippen LogP contribution in [0.4, 0.5) is 0 Å². The van der Waals surface area contributed by atoms with Crippen molar-refractivity contribution >= 4 is 11.6 Å². The molecule has 0 aliphatic carbocycles. The minimum Gasteiger partial charge on any atom is -0.123 e. The number of unbranched alkanes of at least 4 members (excludes halogenated alkanes) is 3. The molecule has 0 rings (SSSR count). The van der Waals surface area contributed by atoms with Crippen LogP contribution in [-0.4, -0.2) is 5.38 Å². The van der Waals surface area contributed by atoms with Gasteiger partial charge in [-0.2, -0.15) is 0 Å². The van der Waals surface area contributed by atoms with E-state index in [9.17, 15) is 0 Å². The van der Waals surface area contributed by atoms with Crippen LogP contribution in [0.5, 0.6) is 0 Å². The molecule has 0 fully saturated rings. The number of hydrogen-bond donors (Lipinski definition) is 0. The van der Waals surface area contributed by atoms with Crippen LogP contribution in [0.2, 0.25) is 0 Å². The van der Waals surface area contributed by atoms with Crippen molar-refractivity contribution in [3.63, 3.8) is 0 Å². The summed E-state index contributed by atoms with van der Waals surface area (Å²) < 4.78 is 0. The molecule has 1 atom stereocenters. The molecule has 0 aromatic rings. The van der Waals surface area contributed by atoms with E-state index in [0.29, 0.717) is 5.38 Å². The summed E-state index contributed by atoms with van der Waals surface area (Å²) >= 11 is 5.73. The lowest BCUT2D eigenvalue weighted by atomic mass is 10.1. The Morgan fingerprint density at radius 2 is 2.22 bits per heavy atom. The molecule has 0 aromatic carbocycles. The minimum absolute atomic E-state index is 0.321. The zero-order valence-corrected chi connectivity index (χ0v) is 7.12. The minimum atomic E-state index is 0.321. The topological polar surface area (TPSA) is 0 Å². The molecule has 55 valence electrons. The van der Waals surface area contributed by atoms with Crippen molar-refractivity contribution in [1.29, 1.82) is 0 Å². The van der Waals surface area contributed by atoms with Crippen LogP contribution < -0.4 is 0 Å². The van der Waals surface area contributed by atoms with Crippen LogP contribution in [0.1, 0.15) is 39.5 Å². The van der Waals surface area contributed by atoms with E-state index in [1.54, 1.807) is 0 Å². The Kier molecular flexibility index (Phi) is 6.62. The molecule has 0 aromatic heterocycles. The molecule has 0 bridgehead atoms. The SMILES string of the molecule is CCCC[CH]CC(C)Cl. The van der Waals surface area contributed by atoms with Gasteiger partial charge < -0.3 is 0 Å². The zero-order chi connectivity index (χ0) is 7.11. The molecule has 0 saturated carbocycles. The number of halogens is 1. The monoisotopic (exact) mass is 147 g/mol. The highest BCUT2D eigenvalue weighted by Crippen LogP contribution is 2.07. The Balaban J connectivity index is 2.75. The normalized spacial score (nSPS) is 13.7. The van der Waals surface area contributed by atoms with E-state index < -0.39 is 0 Å². The fourth-order valence-corrected chi connectivity index (χ4v) is 0.822. The van der Waals surface area contributed by atoms with Crippen molar-refractivity contribution in [3.8, 4) is 0 Å². The molecule has 0 spiro atoms. The van der Waals surface area contributed by atoms with Crippen LogP contribution in [-0.2, 0) is 0 Å². The van der Waals surface area contributed by atoms with Gasteiger partial charge in [-0.25, -0.2) is 0 Å². The maximum Gasteiger partial charge on any atom is 0.0310 e. The highest BCUT2D eigenvalue weighted by molar-refractivity contribution is 6.20. The smallest absolute Gasteiger partial charge is 0.0310 e. The summed E-state index contributed by atoms with van der Waals surface area (Å²) in [6.45, 7) is 4.24. The van der Waals surface area contributed by atoms with E-state index >= 15 is 0 Å². The van der Waals surface area contributed by atoms with Gasteiger partial charge >= 0.3 is 0 Å². The second-order valence-electron chi connectivity index (χ2n) is 2.45. The first-order valence-corrected chi connectivity index (χ1v) is 4.16. The van der Waals surface area contributed by atoms with E-state index in [2.05, 4.69) is 13.3 Å². The number of alkyl halides is 1. The second-order valence-corrected chi connectivity index (χ2v) is 3.19. The molecule has 1 heteroatoms. The average Bonchev–Trinajstić information content (AvgIpc) is 1.80. The fraction of sp³-hybridized carbons (Fsp3) is 0.875. The average molecular weight is 148 g/mol. The van der Waals surface area contributed by atoms with Gasteiger partial charge in [-0.15, -0.1) is 11.6 Å². The molecule has 9 heavy (non-hydrogen) atoms. The van der Waals surface area contributed by atoms with Gasteiger partial charge in [-0.3, -0.25) is 0 Å². The van der Waals surface area contributed by atoms with Crippen LogP contribution in [0.25, 0.3) is 0 Å². The predicted octanol–water partition coefficient (Wildman–Crippen LogP) is 3.40. The quantitative estimate of drug-likeness (QED) is 0.413. The first-order valence-electron chi connectivity index (χ1n) is 3.73. The molecule has 0 N–H and O–H groups in total. The first-order chi connectivity index (χ1) is 4.27. The van der Waals surface area contributed by atoms with Crippen molar-refractivity contribution in [1.82, 2.24) is 0 Å². The summed E-state index contributed by atoms with van der Waals surface area (Å²) in [5.74, 6) is 0. The Labute approximate surface area is 63.6 Å². The molecule has 0 amide bonds. The van der Waals surface area contributed by atoms with Gasteiger partial charge in [0.1, 0.15) is 0 Å². The maximum atomic E-state index is 5.73. The summed E-state index contributed by atoms with van der Waals surface area (Å²) in [7, 11) is 0. The van der Waals surface area contributed by atoms with Gasteiger partial charge in [0.2, 0.25) is 0 Å². The van der Waals surface area contributed by atoms with E-state index in [-0.39, 0.29) is 0 Å².